The Kier molecular flexibility index (Phi) is 3.50. The highest BCUT2D eigenvalue weighted by atomic mass is 19.1. The lowest BCUT2D eigenvalue weighted by Crippen LogP contribution is -2.02. The number of aryl methyl sites for hydroxylation is 1. The van der Waals surface area contributed by atoms with Crippen molar-refractivity contribution in [3.8, 4) is 22.7 Å². The molecule has 1 aliphatic rings. The zero-order chi connectivity index (χ0) is 18.5. The Hall–Kier alpha value is -3.22. The number of rotatable bonds is 3. The number of ether oxygens (including phenoxy) is 1. The van der Waals surface area contributed by atoms with Crippen molar-refractivity contribution in [2.75, 3.05) is 7.11 Å². The number of hydrogen-bond acceptors (Lipinski definition) is 4. The molecule has 0 aliphatic heterocycles. The first-order valence-electron chi connectivity index (χ1n) is 8.81. The molecule has 6 nitrogen and oxygen atoms in total. The molecule has 7 heteroatoms. The van der Waals surface area contributed by atoms with E-state index in [1.807, 2.05) is 42.2 Å². The van der Waals surface area contributed by atoms with Gasteiger partial charge in [-0.2, -0.15) is 10.2 Å². The van der Waals surface area contributed by atoms with Crippen LogP contribution in [0.25, 0.3) is 28.0 Å². The molecule has 3 aromatic heterocycles. The molecule has 1 unspecified atom stereocenters. The van der Waals surface area contributed by atoms with E-state index in [1.54, 1.807) is 24.2 Å². The molecule has 0 bridgehead atoms. The van der Waals surface area contributed by atoms with Crippen molar-refractivity contribution >= 4 is 11.0 Å². The van der Waals surface area contributed by atoms with Crippen molar-refractivity contribution in [2.45, 2.75) is 19.0 Å². The summed E-state index contributed by atoms with van der Waals surface area (Å²) in [5.74, 6) is 0.650. The Balaban J connectivity index is 1.79. The molecular weight excluding hydrogens is 345 g/mol. The SMILES string of the molecule is COc1cnc2c(-c3cnn(C)c3)nn(-c3cccc4c3CC(F)C4)c2c1. The topological polar surface area (TPSA) is 57.8 Å². The first-order chi connectivity index (χ1) is 13.1. The summed E-state index contributed by atoms with van der Waals surface area (Å²) in [6, 6.07) is 7.84. The third-order valence-corrected chi connectivity index (χ3v) is 5.05. The van der Waals surface area contributed by atoms with Crippen LogP contribution >= 0.6 is 0 Å². The lowest BCUT2D eigenvalue weighted by Gasteiger charge is -2.09. The number of hydrogen-bond donors (Lipinski definition) is 0. The monoisotopic (exact) mass is 363 g/mol. The summed E-state index contributed by atoms with van der Waals surface area (Å²) in [6.45, 7) is 0. The van der Waals surface area contributed by atoms with Gasteiger partial charge in [0, 0.05) is 37.7 Å². The lowest BCUT2D eigenvalue weighted by molar-refractivity contribution is 0.349. The Morgan fingerprint density at radius 3 is 2.89 bits per heavy atom. The molecule has 0 radical (unpaired) electrons. The molecule has 0 N–H and O–H groups in total. The normalized spacial score (nSPS) is 16.0. The van der Waals surface area contributed by atoms with E-state index in [2.05, 4.69) is 10.1 Å². The Labute approximate surface area is 155 Å². The molecule has 3 heterocycles. The summed E-state index contributed by atoms with van der Waals surface area (Å²) in [5.41, 5.74) is 6.16. The number of pyridine rings is 1. The maximum Gasteiger partial charge on any atom is 0.139 e. The van der Waals surface area contributed by atoms with E-state index in [9.17, 15) is 4.39 Å². The van der Waals surface area contributed by atoms with Gasteiger partial charge in [0.25, 0.3) is 0 Å². The van der Waals surface area contributed by atoms with Crippen molar-refractivity contribution in [3.05, 3.63) is 54.0 Å². The number of benzene rings is 1. The standard InChI is InChI=1S/C20H18FN5O/c1-25-11-13(9-23-25)19-20-18(8-15(27-2)10-22-20)26(24-19)17-5-3-4-12-6-14(21)7-16(12)17/h3-5,8-11,14H,6-7H2,1-2H3. The smallest absolute Gasteiger partial charge is 0.139 e. The van der Waals surface area contributed by atoms with Crippen molar-refractivity contribution < 1.29 is 9.13 Å². The van der Waals surface area contributed by atoms with Crippen LogP contribution in [-0.2, 0) is 19.9 Å². The quantitative estimate of drug-likeness (QED) is 0.561. The molecule has 0 fully saturated rings. The summed E-state index contributed by atoms with van der Waals surface area (Å²) in [4.78, 5) is 4.57. The third-order valence-electron chi connectivity index (χ3n) is 5.05. The molecule has 1 atom stereocenters. The second-order valence-electron chi connectivity index (χ2n) is 6.83. The van der Waals surface area contributed by atoms with E-state index < -0.39 is 6.17 Å². The Bertz CT molecular complexity index is 1160. The maximum atomic E-state index is 14.0. The van der Waals surface area contributed by atoms with Gasteiger partial charge in [-0.3, -0.25) is 4.68 Å². The molecule has 4 aromatic rings. The van der Waals surface area contributed by atoms with E-state index in [0.717, 1.165) is 39.1 Å². The minimum atomic E-state index is -0.839. The van der Waals surface area contributed by atoms with Crippen molar-refractivity contribution in [1.82, 2.24) is 24.5 Å². The maximum absolute atomic E-state index is 14.0. The predicted molar refractivity (Wildman–Crippen MR) is 99.9 cm³/mol. The fraction of sp³-hybridized carbons (Fsp3) is 0.250. The molecule has 0 amide bonds. The first-order valence-corrected chi connectivity index (χ1v) is 8.81. The number of alkyl halides is 1. The van der Waals surface area contributed by atoms with Gasteiger partial charge >= 0.3 is 0 Å². The molecule has 0 saturated heterocycles. The largest absolute Gasteiger partial charge is 0.495 e. The van der Waals surface area contributed by atoms with Gasteiger partial charge in [-0.15, -0.1) is 0 Å². The second-order valence-corrected chi connectivity index (χ2v) is 6.83. The van der Waals surface area contributed by atoms with Crippen molar-refractivity contribution in [3.63, 3.8) is 0 Å². The predicted octanol–water partition coefficient (Wildman–Crippen LogP) is 3.27. The van der Waals surface area contributed by atoms with Crippen molar-refractivity contribution in [2.24, 2.45) is 7.05 Å². The molecular formula is C20H18FN5O. The highest BCUT2D eigenvalue weighted by Crippen LogP contribution is 2.34. The summed E-state index contributed by atoms with van der Waals surface area (Å²) < 4.78 is 23.0. The zero-order valence-corrected chi connectivity index (χ0v) is 15.1. The Morgan fingerprint density at radius 1 is 1.22 bits per heavy atom. The molecule has 0 spiro atoms. The molecule has 1 aliphatic carbocycles. The number of halogens is 1. The van der Waals surface area contributed by atoms with Crippen LogP contribution in [0.5, 0.6) is 5.75 Å². The van der Waals surface area contributed by atoms with E-state index in [4.69, 9.17) is 9.84 Å². The minimum absolute atomic E-state index is 0.409. The number of fused-ring (bicyclic) bond motifs is 2. The molecule has 1 aromatic carbocycles. The average Bonchev–Trinajstić information content (AvgIpc) is 3.36. The molecule has 5 rings (SSSR count). The number of methoxy groups -OCH3 is 1. The van der Waals surface area contributed by atoms with E-state index in [0.29, 0.717) is 18.6 Å². The third kappa shape index (κ3) is 2.50. The molecule has 0 saturated carbocycles. The van der Waals surface area contributed by atoms with Gasteiger partial charge in [-0.1, -0.05) is 12.1 Å². The van der Waals surface area contributed by atoms with Crippen LogP contribution in [0.3, 0.4) is 0 Å². The van der Waals surface area contributed by atoms with Gasteiger partial charge < -0.3 is 4.74 Å². The highest BCUT2D eigenvalue weighted by molar-refractivity contribution is 5.91. The van der Waals surface area contributed by atoms with E-state index in [1.165, 1.54) is 0 Å². The lowest BCUT2D eigenvalue weighted by atomic mass is 10.1. The summed E-state index contributed by atoms with van der Waals surface area (Å²) in [6.07, 6.45) is 5.39. The van der Waals surface area contributed by atoms with E-state index >= 15 is 0 Å². The van der Waals surface area contributed by atoms with Crippen LogP contribution < -0.4 is 4.74 Å². The van der Waals surface area contributed by atoms with Crippen LogP contribution in [0.4, 0.5) is 4.39 Å². The van der Waals surface area contributed by atoms with Crippen LogP contribution in [0, 0.1) is 0 Å². The summed E-state index contributed by atoms with van der Waals surface area (Å²) in [5, 5.41) is 9.09. The highest BCUT2D eigenvalue weighted by Gasteiger charge is 2.26. The number of aromatic nitrogens is 5. The molecule has 27 heavy (non-hydrogen) atoms. The zero-order valence-electron chi connectivity index (χ0n) is 15.1. The van der Waals surface area contributed by atoms with E-state index in [-0.39, 0.29) is 0 Å². The van der Waals surface area contributed by atoms with Crippen LogP contribution in [0.15, 0.2) is 42.9 Å². The average molecular weight is 363 g/mol. The second kappa shape index (κ2) is 5.90. The van der Waals surface area contributed by atoms with Gasteiger partial charge in [0.1, 0.15) is 23.1 Å². The van der Waals surface area contributed by atoms with Gasteiger partial charge in [0.05, 0.1) is 30.7 Å². The van der Waals surface area contributed by atoms with Crippen LogP contribution in [-0.4, -0.2) is 37.8 Å². The Morgan fingerprint density at radius 2 is 2.11 bits per heavy atom. The summed E-state index contributed by atoms with van der Waals surface area (Å²) >= 11 is 0. The molecule has 136 valence electrons. The fourth-order valence-corrected chi connectivity index (χ4v) is 3.79. The first kappa shape index (κ1) is 16.0. The van der Waals surface area contributed by atoms with Gasteiger partial charge in [0.15, 0.2) is 0 Å². The van der Waals surface area contributed by atoms with Gasteiger partial charge in [-0.05, 0) is 17.2 Å². The summed E-state index contributed by atoms with van der Waals surface area (Å²) in [7, 11) is 3.48. The number of nitrogens with zero attached hydrogens (tertiary/aromatic N) is 5. The minimum Gasteiger partial charge on any atom is -0.495 e. The van der Waals surface area contributed by atoms with Crippen molar-refractivity contribution in [1.29, 1.82) is 0 Å². The van der Waals surface area contributed by atoms with Gasteiger partial charge in [0.2, 0.25) is 0 Å². The van der Waals surface area contributed by atoms with Crippen LogP contribution in [0.1, 0.15) is 11.1 Å². The fourth-order valence-electron chi connectivity index (χ4n) is 3.79. The van der Waals surface area contributed by atoms with Crippen LogP contribution in [0.2, 0.25) is 0 Å². The van der Waals surface area contributed by atoms with Gasteiger partial charge in [-0.25, -0.2) is 14.1 Å².